The number of nitrogen functional groups attached to an aromatic ring is 1. The second-order valence-corrected chi connectivity index (χ2v) is 3.89. The molecule has 1 heterocycles. The number of fused-ring (bicyclic) bond motifs is 1. The highest BCUT2D eigenvalue weighted by Gasteiger charge is 2.38. The quantitative estimate of drug-likeness (QED) is 0.840. The molecule has 0 aliphatic heterocycles. The summed E-state index contributed by atoms with van der Waals surface area (Å²) in [6, 6.07) is 6.17. The summed E-state index contributed by atoms with van der Waals surface area (Å²) in [4.78, 5) is 4.03. The Morgan fingerprint density at radius 3 is 2.67 bits per heavy atom. The van der Waals surface area contributed by atoms with Crippen LogP contribution in [0, 0.1) is 0 Å². The molecule has 3 nitrogen and oxygen atoms in total. The molecule has 6 heteroatoms. The predicted octanol–water partition coefficient (Wildman–Crippen LogP) is 3.15. The van der Waals surface area contributed by atoms with Crippen LogP contribution in [0.2, 0.25) is 0 Å². The first-order chi connectivity index (χ1) is 8.38. The van der Waals surface area contributed by atoms with Crippen molar-refractivity contribution in [3.8, 4) is 5.75 Å². The summed E-state index contributed by atoms with van der Waals surface area (Å²) in [5.74, 6) is 0.143. The number of benzene rings is 1. The molecule has 2 N–H and O–H groups in total. The number of ether oxygens (including phenoxy) is 1. The number of anilines is 1. The number of nitrogens with two attached hydrogens (primary N) is 1. The van der Waals surface area contributed by atoms with Crippen LogP contribution in [0.15, 0.2) is 30.5 Å². The zero-order chi connectivity index (χ0) is 13.3. The van der Waals surface area contributed by atoms with Crippen LogP contribution in [0.3, 0.4) is 0 Å². The van der Waals surface area contributed by atoms with Gasteiger partial charge in [-0.15, -0.1) is 0 Å². The van der Waals surface area contributed by atoms with E-state index in [9.17, 15) is 13.2 Å². The van der Waals surface area contributed by atoms with Crippen molar-refractivity contribution < 1.29 is 17.9 Å². The van der Waals surface area contributed by atoms with Crippen molar-refractivity contribution in [1.29, 1.82) is 0 Å². The van der Waals surface area contributed by atoms with Gasteiger partial charge in [-0.05, 0) is 31.2 Å². The van der Waals surface area contributed by atoms with Crippen molar-refractivity contribution in [1.82, 2.24) is 4.98 Å². The van der Waals surface area contributed by atoms with E-state index in [2.05, 4.69) is 4.98 Å². The average molecular weight is 256 g/mol. The number of hydrogen-bond acceptors (Lipinski definition) is 3. The van der Waals surface area contributed by atoms with Gasteiger partial charge in [0.2, 0.25) is 0 Å². The number of rotatable bonds is 2. The molecule has 2 rings (SSSR count). The Labute approximate surface area is 101 Å². The molecule has 18 heavy (non-hydrogen) atoms. The van der Waals surface area contributed by atoms with Crippen LogP contribution in [0.5, 0.6) is 5.75 Å². The van der Waals surface area contributed by atoms with Crippen LogP contribution < -0.4 is 10.5 Å². The fourth-order valence-electron chi connectivity index (χ4n) is 1.50. The minimum Gasteiger partial charge on any atom is -0.480 e. The third-order valence-electron chi connectivity index (χ3n) is 2.49. The van der Waals surface area contributed by atoms with E-state index in [-0.39, 0.29) is 5.75 Å². The first kappa shape index (κ1) is 12.5. The van der Waals surface area contributed by atoms with Crippen LogP contribution in [0.4, 0.5) is 18.9 Å². The predicted molar refractivity (Wildman–Crippen MR) is 62.3 cm³/mol. The first-order valence-electron chi connectivity index (χ1n) is 5.25. The van der Waals surface area contributed by atoms with Crippen LogP contribution in [-0.2, 0) is 0 Å². The van der Waals surface area contributed by atoms with E-state index in [1.165, 1.54) is 12.3 Å². The van der Waals surface area contributed by atoms with E-state index in [1.54, 1.807) is 18.2 Å². The summed E-state index contributed by atoms with van der Waals surface area (Å²) in [5.41, 5.74) is 6.58. The Balaban J connectivity index is 2.40. The van der Waals surface area contributed by atoms with Crippen molar-refractivity contribution in [2.75, 3.05) is 5.73 Å². The molecule has 0 saturated carbocycles. The molecule has 0 spiro atoms. The van der Waals surface area contributed by atoms with Crippen molar-refractivity contribution in [2.24, 2.45) is 0 Å². The average Bonchev–Trinajstić information content (AvgIpc) is 2.27. The van der Waals surface area contributed by atoms with Gasteiger partial charge in [0.05, 0.1) is 5.52 Å². The SMILES string of the molecule is CC(Oc1ccnc2cc(N)ccc12)C(F)(F)F. The van der Waals surface area contributed by atoms with Crippen LogP contribution in [0.25, 0.3) is 10.9 Å². The molecule has 1 atom stereocenters. The van der Waals surface area contributed by atoms with Gasteiger partial charge in [-0.1, -0.05) is 0 Å². The van der Waals surface area contributed by atoms with Gasteiger partial charge in [-0.25, -0.2) is 0 Å². The summed E-state index contributed by atoms with van der Waals surface area (Å²) >= 11 is 0. The van der Waals surface area contributed by atoms with E-state index < -0.39 is 12.3 Å². The third-order valence-corrected chi connectivity index (χ3v) is 2.49. The Kier molecular flexibility index (Phi) is 3.02. The van der Waals surface area contributed by atoms with Gasteiger partial charge >= 0.3 is 6.18 Å². The standard InChI is InChI=1S/C12H11F3N2O/c1-7(12(13,14)15)18-11-4-5-17-10-6-8(16)2-3-9(10)11/h2-7H,16H2,1H3. The van der Waals surface area contributed by atoms with E-state index >= 15 is 0 Å². The number of alkyl halides is 3. The molecule has 1 aromatic carbocycles. The molecule has 2 aromatic rings. The lowest BCUT2D eigenvalue weighted by atomic mass is 10.2. The first-order valence-corrected chi connectivity index (χ1v) is 5.25. The Morgan fingerprint density at radius 1 is 1.28 bits per heavy atom. The minimum atomic E-state index is -4.40. The van der Waals surface area contributed by atoms with Gasteiger partial charge < -0.3 is 10.5 Å². The molecular weight excluding hydrogens is 245 g/mol. The summed E-state index contributed by atoms with van der Waals surface area (Å²) in [7, 11) is 0. The minimum absolute atomic E-state index is 0.143. The van der Waals surface area contributed by atoms with Gasteiger partial charge in [0.1, 0.15) is 5.75 Å². The molecule has 0 saturated heterocycles. The third kappa shape index (κ3) is 2.47. The molecular formula is C12H11F3N2O. The van der Waals surface area contributed by atoms with Crippen molar-refractivity contribution in [2.45, 2.75) is 19.2 Å². The molecule has 1 aromatic heterocycles. The van der Waals surface area contributed by atoms with Crippen molar-refractivity contribution in [3.63, 3.8) is 0 Å². The second kappa shape index (κ2) is 4.36. The van der Waals surface area contributed by atoms with Gasteiger partial charge in [0.25, 0.3) is 0 Å². The maximum atomic E-state index is 12.4. The van der Waals surface area contributed by atoms with E-state index in [0.29, 0.717) is 16.6 Å². The fourth-order valence-corrected chi connectivity index (χ4v) is 1.50. The summed E-state index contributed by atoms with van der Waals surface area (Å²) in [6.07, 6.45) is -4.88. The number of nitrogens with zero attached hydrogens (tertiary/aromatic N) is 1. The Morgan fingerprint density at radius 2 is 2.00 bits per heavy atom. The summed E-state index contributed by atoms with van der Waals surface area (Å²) in [6.45, 7) is 0.962. The molecule has 0 aliphatic carbocycles. The Hall–Kier alpha value is -1.98. The van der Waals surface area contributed by atoms with Gasteiger partial charge in [0.15, 0.2) is 6.10 Å². The van der Waals surface area contributed by atoms with Gasteiger partial charge in [0, 0.05) is 17.3 Å². The normalized spacial score (nSPS) is 13.6. The zero-order valence-corrected chi connectivity index (χ0v) is 9.53. The lowest BCUT2D eigenvalue weighted by Gasteiger charge is -2.18. The van der Waals surface area contributed by atoms with Crippen LogP contribution >= 0.6 is 0 Å². The number of pyridine rings is 1. The molecule has 0 amide bonds. The number of hydrogen-bond donors (Lipinski definition) is 1. The van der Waals surface area contributed by atoms with E-state index in [4.69, 9.17) is 10.5 Å². The number of aromatic nitrogens is 1. The molecule has 0 fully saturated rings. The molecule has 1 unspecified atom stereocenters. The van der Waals surface area contributed by atoms with Gasteiger partial charge in [-0.3, -0.25) is 4.98 Å². The van der Waals surface area contributed by atoms with E-state index in [1.807, 2.05) is 0 Å². The topological polar surface area (TPSA) is 48.1 Å². The van der Waals surface area contributed by atoms with Gasteiger partial charge in [-0.2, -0.15) is 13.2 Å². The summed E-state index contributed by atoms with van der Waals surface area (Å²) < 4.78 is 42.2. The molecule has 0 radical (unpaired) electrons. The van der Waals surface area contributed by atoms with Crippen LogP contribution in [-0.4, -0.2) is 17.3 Å². The lowest BCUT2D eigenvalue weighted by molar-refractivity contribution is -0.188. The molecule has 96 valence electrons. The molecule has 0 aliphatic rings. The summed E-state index contributed by atoms with van der Waals surface area (Å²) in [5, 5.41) is 0.503. The fraction of sp³-hybridized carbons (Fsp3) is 0.250. The maximum Gasteiger partial charge on any atom is 0.425 e. The highest BCUT2D eigenvalue weighted by molar-refractivity contribution is 5.87. The highest BCUT2D eigenvalue weighted by Crippen LogP contribution is 2.30. The van der Waals surface area contributed by atoms with Crippen molar-refractivity contribution >= 4 is 16.6 Å². The molecule has 0 bridgehead atoms. The maximum absolute atomic E-state index is 12.4. The largest absolute Gasteiger partial charge is 0.480 e. The monoisotopic (exact) mass is 256 g/mol. The van der Waals surface area contributed by atoms with Crippen LogP contribution in [0.1, 0.15) is 6.92 Å². The smallest absolute Gasteiger partial charge is 0.425 e. The van der Waals surface area contributed by atoms with Crippen molar-refractivity contribution in [3.05, 3.63) is 30.5 Å². The zero-order valence-electron chi connectivity index (χ0n) is 9.53. The number of halogens is 3. The van der Waals surface area contributed by atoms with E-state index in [0.717, 1.165) is 6.92 Å². The Bertz CT molecular complexity index is 569. The second-order valence-electron chi connectivity index (χ2n) is 3.89. The highest BCUT2D eigenvalue weighted by atomic mass is 19.4. The lowest BCUT2D eigenvalue weighted by Crippen LogP contribution is -2.31.